The smallest absolute Gasteiger partial charge is 0.233 e. The number of rotatable bonds is 7. The molecule has 31 heavy (non-hydrogen) atoms. The van der Waals surface area contributed by atoms with Crippen LogP contribution in [0.2, 0.25) is 5.02 Å². The maximum absolute atomic E-state index is 13.2. The summed E-state index contributed by atoms with van der Waals surface area (Å²) in [6.07, 6.45) is 7.04. The number of nitrogens with one attached hydrogen (secondary N) is 1. The average molecular weight is 530 g/mol. The highest BCUT2D eigenvalue weighted by atomic mass is 79.9. The van der Waals surface area contributed by atoms with Crippen molar-refractivity contribution in [2.75, 3.05) is 18.7 Å². The third-order valence-electron chi connectivity index (χ3n) is 5.10. The van der Waals surface area contributed by atoms with Gasteiger partial charge in [0, 0.05) is 6.26 Å². The zero-order chi connectivity index (χ0) is 22.6. The third kappa shape index (κ3) is 6.24. The van der Waals surface area contributed by atoms with E-state index in [1.807, 2.05) is 0 Å². The SMILES string of the molecule is CON=C1CCC(CC(C(=O)Nc2cnc(Br)cn2)c2ccc(S(C)(=O)=O)c(Cl)c2)C1. The van der Waals surface area contributed by atoms with Crippen LogP contribution in [-0.4, -0.2) is 43.4 Å². The minimum absolute atomic E-state index is 0.0335. The number of oxime groups is 1. The van der Waals surface area contributed by atoms with Crippen LogP contribution >= 0.6 is 27.5 Å². The predicted octanol–water partition coefficient (Wildman–Crippen LogP) is 4.21. The second-order valence-electron chi connectivity index (χ2n) is 7.41. The van der Waals surface area contributed by atoms with Gasteiger partial charge in [-0.15, -0.1) is 0 Å². The number of aromatic nitrogens is 2. The van der Waals surface area contributed by atoms with Gasteiger partial charge in [-0.25, -0.2) is 18.4 Å². The highest BCUT2D eigenvalue weighted by molar-refractivity contribution is 9.10. The Morgan fingerprint density at radius 1 is 1.39 bits per heavy atom. The molecule has 166 valence electrons. The normalized spacial score (nSPS) is 18.7. The Labute approximate surface area is 194 Å². The van der Waals surface area contributed by atoms with Gasteiger partial charge in [-0.1, -0.05) is 22.8 Å². The maximum atomic E-state index is 13.2. The van der Waals surface area contributed by atoms with Crippen molar-refractivity contribution >= 4 is 54.8 Å². The molecule has 1 saturated carbocycles. The van der Waals surface area contributed by atoms with Gasteiger partial charge in [0.25, 0.3) is 0 Å². The largest absolute Gasteiger partial charge is 0.399 e. The first-order valence-corrected chi connectivity index (χ1v) is 12.6. The molecule has 1 aromatic heterocycles. The molecule has 2 aromatic rings. The Hall–Kier alpha value is -2.04. The molecule has 1 aromatic carbocycles. The number of carbonyl (C=O) groups is 1. The number of sulfone groups is 1. The summed E-state index contributed by atoms with van der Waals surface area (Å²) in [6, 6.07) is 4.63. The molecule has 0 bridgehead atoms. The zero-order valence-corrected chi connectivity index (χ0v) is 20.2. The number of benzene rings is 1. The predicted molar refractivity (Wildman–Crippen MR) is 122 cm³/mol. The molecule has 8 nitrogen and oxygen atoms in total. The first-order chi connectivity index (χ1) is 14.7. The fraction of sp³-hybridized carbons (Fsp3) is 0.400. The van der Waals surface area contributed by atoms with Crippen molar-refractivity contribution in [2.24, 2.45) is 11.1 Å². The molecule has 1 aliphatic carbocycles. The van der Waals surface area contributed by atoms with E-state index in [0.29, 0.717) is 22.4 Å². The lowest BCUT2D eigenvalue weighted by Crippen LogP contribution is -2.24. The van der Waals surface area contributed by atoms with E-state index in [1.165, 1.54) is 25.6 Å². The first kappa shape index (κ1) is 23.6. The van der Waals surface area contributed by atoms with E-state index >= 15 is 0 Å². The molecule has 0 saturated heterocycles. The van der Waals surface area contributed by atoms with Gasteiger partial charge in [0.2, 0.25) is 5.91 Å². The van der Waals surface area contributed by atoms with E-state index in [4.69, 9.17) is 16.4 Å². The Bertz CT molecular complexity index is 1090. The van der Waals surface area contributed by atoms with Gasteiger partial charge >= 0.3 is 0 Å². The summed E-state index contributed by atoms with van der Waals surface area (Å²) in [7, 11) is -1.95. The summed E-state index contributed by atoms with van der Waals surface area (Å²) in [6.45, 7) is 0. The van der Waals surface area contributed by atoms with Crippen LogP contribution < -0.4 is 5.32 Å². The summed E-state index contributed by atoms with van der Waals surface area (Å²) in [4.78, 5) is 26.3. The minimum Gasteiger partial charge on any atom is -0.399 e. The van der Waals surface area contributed by atoms with Gasteiger partial charge in [-0.05, 0) is 65.2 Å². The van der Waals surface area contributed by atoms with E-state index in [9.17, 15) is 13.2 Å². The van der Waals surface area contributed by atoms with Crippen molar-refractivity contribution in [2.45, 2.75) is 36.5 Å². The van der Waals surface area contributed by atoms with Crippen molar-refractivity contribution in [3.8, 4) is 0 Å². The molecule has 1 fully saturated rings. The molecule has 0 spiro atoms. The average Bonchev–Trinajstić information content (AvgIpc) is 3.14. The number of hydrogen-bond donors (Lipinski definition) is 1. The zero-order valence-electron chi connectivity index (χ0n) is 17.0. The Morgan fingerprint density at radius 2 is 2.16 bits per heavy atom. The van der Waals surface area contributed by atoms with E-state index in [1.54, 1.807) is 12.1 Å². The Kier molecular flexibility index (Phi) is 7.66. The Balaban J connectivity index is 1.88. The van der Waals surface area contributed by atoms with Crippen LogP contribution in [0.15, 0.2) is 45.2 Å². The van der Waals surface area contributed by atoms with Crippen molar-refractivity contribution in [1.82, 2.24) is 9.97 Å². The second-order valence-corrected chi connectivity index (χ2v) is 10.6. The lowest BCUT2D eigenvalue weighted by atomic mass is 9.87. The Morgan fingerprint density at radius 3 is 2.77 bits per heavy atom. The van der Waals surface area contributed by atoms with Crippen molar-refractivity contribution in [3.63, 3.8) is 0 Å². The number of hydrogen-bond acceptors (Lipinski definition) is 7. The van der Waals surface area contributed by atoms with Gasteiger partial charge in [0.1, 0.15) is 11.7 Å². The topological polar surface area (TPSA) is 111 Å². The van der Waals surface area contributed by atoms with Crippen molar-refractivity contribution in [3.05, 3.63) is 45.8 Å². The van der Waals surface area contributed by atoms with Crippen LogP contribution in [0.25, 0.3) is 0 Å². The maximum Gasteiger partial charge on any atom is 0.233 e. The van der Waals surface area contributed by atoms with Crippen molar-refractivity contribution in [1.29, 1.82) is 0 Å². The number of halogens is 2. The van der Waals surface area contributed by atoms with Crippen LogP contribution in [-0.2, 0) is 19.5 Å². The van der Waals surface area contributed by atoms with Gasteiger partial charge in [-0.2, -0.15) is 0 Å². The molecule has 0 aliphatic heterocycles. The molecule has 1 aliphatic rings. The molecule has 2 unspecified atom stereocenters. The monoisotopic (exact) mass is 528 g/mol. The van der Waals surface area contributed by atoms with Gasteiger partial charge in [-0.3, -0.25) is 4.79 Å². The standard InChI is InChI=1S/C20H22BrClN4O4S/c1-30-26-14-5-3-12(7-14)8-15(20(27)25-19-11-23-18(21)10-24-19)13-4-6-17(16(22)9-13)31(2,28)29/h4,6,9-12,15H,3,5,7-8H2,1-2H3,(H,24,25,27). The third-order valence-corrected chi connectivity index (χ3v) is 7.09. The number of anilines is 1. The summed E-state index contributed by atoms with van der Waals surface area (Å²) in [5.41, 5.74) is 1.60. The van der Waals surface area contributed by atoms with Crippen LogP contribution in [0.4, 0.5) is 5.82 Å². The first-order valence-electron chi connectivity index (χ1n) is 9.54. The number of nitrogens with zero attached hydrogens (tertiary/aromatic N) is 3. The minimum atomic E-state index is -3.47. The molecule has 11 heteroatoms. The van der Waals surface area contributed by atoms with Crippen LogP contribution in [0, 0.1) is 5.92 Å². The highest BCUT2D eigenvalue weighted by Crippen LogP contribution is 2.36. The second kappa shape index (κ2) is 10.1. The van der Waals surface area contributed by atoms with Crippen molar-refractivity contribution < 1.29 is 18.0 Å². The molecule has 1 heterocycles. The summed E-state index contributed by atoms with van der Waals surface area (Å²) >= 11 is 9.46. The van der Waals surface area contributed by atoms with E-state index in [2.05, 4.69) is 36.4 Å². The lowest BCUT2D eigenvalue weighted by Gasteiger charge is -2.21. The fourth-order valence-corrected chi connectivity index (χ4v) is 5.22. The summed E-state index contributed by atoms with van der Waals surface area (Å²) in [5, 5.41) is 6.92. The summed E-state index contributed by atoms with van der Waals surface area (Å²) in [5.74, 6) is -0.264. The molecule has 1 N–H and O–H groups in total. The van der Waals surface area contributed by atoms with Gasteiger partial charge < -0.3 is 10.2 Å². The van der Waals surface area contributed by atoms with Crippen LogP contribution in [0.1, 0.15) is 37.2 Å². The number of amides is 1. The molecular weight excluding hydrogens is 508 g/mol. The molecular formula is C20H22BrClN4O4S. The quantitative estimate of drug-likeness (QED) is 0.538. The van der Waals surface area contributed by atoms with Gasteiger partial charge in [0.05, 0.1) is 33.9 Å². The molecule has 0 radical (unpaired) electrons. The van der Waals surface area contributed by atoms with Crippen LogP contribution in [0.5, 0.6) is 0 Å². The summed E-state index contributed by atoms with van der Waals surface area (Å²) < 4.78 is 24.4. The van der Waals surface area contributed by atoms with E-state index in [0.717, 1.165) is 31.2 Å². The van der Waals surface area contributed by atoms with Crippen LogP contribution in [0.3, 0.4) is 0 Å². The molecule has 2 atom stereocenters. The van der Waals surface area contributed by atoms with E-state index in [-0.39, 0.29) is 21.7 Å². The lowest BCUT2D eigenvalue weighted by molar-refractivity contribution is -0.118. The van der Waals surface area contributed by atoms with Gasteiger partial charge in [0.15, 0.2) is 15.7 Å². The molecule has 3 rings (SSSR count). The van der Waals surface area contributed by atoms with E-state index < -0.39 is 15.8 Å². The fourth-order valence-electron chi connectivity index (χ4n) is 3.67. The molecule has 1 amide bonds. The number of carbonyl (C=O) groups excluding carboxylic acids is 1. The highest BCUT2D eigenvalue weighted by Gasteiger charge is 2.30.